The topological polar surface area (TPSA) is 111 Å². The van der Waals surface area contributed by atoms with Gasteiger partial charge in [-0.2, -0.15) is 0 Å². The molecular formula is C33H33FN8O. The number of amides is 1. The van der Waals surface area contributed by atoms with Crippen LogP contribution in [0, 0.1) is 5.82 Å². The summed E-state index contributed by atoms with van der Waals surface area (Å²) in [5.74, 6) is 0.237. The SMILES string of the molecule is CCC(=O)Nc1cncc(-c2ccc3c(c2)C(c2nc4c(-c5cc(F)cc(NCCN(C)C)c5)cncc4[nH]2)=NCC3)c1. The lowest BCUT2D eigenvalue weighted by Gasteiger charge is -2.17. The molecule has 218 valence electrons. The molecule has 3 aromatic heterocycles. The van der Waals surface area contributed by atoms with Gasteiger partial charge in [0.05, 0.1) is 29.1 Å². The molecule has 43 heavy (non-hydrogen) atoms. The largest absolute Gasteiger partial charge is 0.384 e. The lowest BCUT2D eigenvalue weighted by molar-refractivity contribution is -0.115. The number of hydrogen-bond donors (Lipinski definition) is 3. The van der Waals surface area contributed by atoms with Gasteiger partial charge in [0.25, 0.3) is 0 Å². The highest BCUT2D eigenvalue weighted by Crippen LogP contribution is 2.32. The average Bonchev–Trinajstić information content (AvgIpc) is 3.44. The minimum absolute atomic E-state index is 0.0624. The maximum Gasteiger partial charge on any atom is 0.224 e. The molecule has 0 fully saturated rings. The molecule has 3 N–H and O–H groups in total. The molecule has 0 radical (unpaired) electrons. The first-order valence-electron chi connectivity index (χ1n) is 14.3. The van der Waals surface area contributed by atoms with Crippen LogP contribution in [0.5, 0.6) is 0 Å². The Hall–Kier alpha value is -4.96. The van der Waals surface area contributed by atoms with Crippen LogP contribution < -0.4 is 10.6 Å². The van der Waals surface area contributed by atoms with E-state index in [1.165, 1.54) is 17.7 Å². The van der Waals surface area contributed by atoms with Gasteiger partial charge >= 0.3 is 0 Å². The van der Waals surface area contributed by atoms with Crippen LogP contribution in [0.1, 0.15) is 30.3 Å². The molecule has 5 aromatic rings. The number of nitrogens with zero attached hydrogens (tertiary/aromatic N) is 5. The highest BCUT2D eigenvalue weighted by atomic mass is 19.1. The summed E-state index contributed by atoms with van der Waals surface area (Å²) >= 11 is 0. The fourth-order valence-corrected chi connectivity index (χ4v) is 5.21. The van der Waals surface area contributed by atoms with Crippen molar-refractivity contribution in [3.05, 3.63) is 90.0 Å². The molecule has 1 aliphatic rings. The smallest absolute Gasteiger partial charge is 0.224 e. The number of hydrogen-bond acceptors (Lipinski definition) is 7. The Kier molecular flexibility index (Phi) is 7.93. The number of carbonyl (C=O) groups excluding carboxylic acids is 1. The van der Waals surface area contributed by atoms with E-state index in [1.807, 2.05) is 33.2 Å². The Morgan fingerprint density at radius 3 is 2.63 bits per heavy atom. The van der Waals surface area contributed by atoms with Crippen LogP contribution >= 0.6 is 0 Å². The van der Waals surface area contributed by atoms with Crippen molar-refractivity contribution in [1.82, 2.24) is 24.8 Å². The maximum absolute atomic E-state index is 14.7. The zero-order chi connectivity index (χ0) is 29.9. The Bertz CT molecular complexity index is 1840. The van der Waals surface area contributed by atoms with Gasteiger partial charge in [0.1, 0.15) is 11.5 Å². The first-order chi connectivity index (χ1) is 20.9. The molecule has 0 aliphatic carbocycles. The molecule has 2 aromatic carbocycles. The normalized spacial score (nSPS) is 12.7. The maximum atomic E-state index is 14.7. The van der Waals surface area contributed by atoms with Gasteiger partial charge in [-0.05, 0) is 67.5 Å². The number of pyridine rings is 2. The molecule has 6 rings (SSSR count). The molecule has 0 saturated carbocycles. The second-order valence-corrected chi connectivity index (χ2v) is 10.8. The number of aliphatic imine (C=N–C) groups is 1. The van der Waals surface area contributed by atoms with Crippen molar-refractivity contribution < 1.29 is 9.18 Å². The lowest BCUT2D eigenvalue weighted by atomic mass is 9.93. The van der Waals surface area contributed by atoms with Crippen molar-refractivity contribution in [2.45, 2.75) is 19.8 Å². The van der Waals surface area contributed by atoms with Crippen LogP contribution in [0.15, 0.2) is 72.2 Å². The minimum Gasteiger partial charge on any atom is -0.384 e. The number of likely N-dealkylation sites (N-methyl/N-ethyl adjacent to an activating group) is 1. The van der Waals surface area contributed by atoms with Gasteiger partial charge in [0.15, 0.2) is 5.82 Å². The number of halogens is 1. The number of benzene rings is 2. The number of fused-ring (bicyclic) bond motifs is 2. The van der Waals surface area contributed by atoms with Gasteiger partial charge in [-0.25, -0.2) is 9.37 Å². The molecule has 0 spiro atoms. The van der Waals surface area contributed by atoms with E-state index in [0.717, 1.165) is 46.4 Å². The number of H-pyrrole nitrogens is 1. The van der Waals surface area contributed by atoms with Crippen LogP contribution in [0.2, 0.25) is 0 Å². The Labute approximate surface area is 249 Å². The Morgan fingerprint density at radius 1 is 0.953 bits per heavy atom. The third-order valence-corrected chi connectivity index (χ3v) is 7.41. The van der Waals surface area contributed by atoms with Gasteiger partial charge in [-0.15, -0.1) is 0 Å². The van der Waals surface area contributed by atoms with Gasteiger partial charge in [0.2, 0.25) is 5.91 Å². The van der Waals surface area contributed by atoms with Crippen molar-refractivity contribution in [3.8, 4) is 22.3 Å². The molecule has 4 heterocycles. The van der Waals surface area contributed by atoms with Crippen molar-refractivity contribution >= 4 is 34.0 Å². The molecule has 1 amide bonds. The van der Waals surface area contributed by atoms with Crippen molar-refractivity contribution in [2.24, 2.45) is 4.99 Å². The van der Waals surface area contributed by atoms with Gasteiger partial charge in [0, 0.05) is 60.8 Å². The molecular weight excluding hydrogens is 543 g/mol. The van der Waals surface area contributed by atoms with E-state index in [4.69, 9.17) is 9.98 Å². The number of rotatable bonds is 9. The zero-order valence-electron chi connectivity index (χ0n) is 24.4. The van der Waals surface area contributed by atoms with E-state index in [2.05, 4.69) is 48.7 Å². The molecule has 0 bridgehead atoms. The van der Waals surface area contributed by atoms with E-state index in [-0.39, 0.29) is 11.7 Å². The third-order valence-electron chi connectivity index (χ3n) is 7.41. The number of aromatic nitrogens is 4. The molecule has 0 saturated heterocycles. The highest BCUT2D eigenvalue weighted by molar-refractivity contribution is 6.14. The molecule has 0 unspecified atom stereocenters. The first kappa shape index (κ1) is 28.2. The Balaban J connectivity index is 1.35. The predicted molar refractivity (Wildman–Crippen MR) is 169 cm³/mol. The lowest BCUT2D eigenvalue weighted by Crippen LogP contribution is -2.20. The first-order valence-corrected chi connectivity index (χ1v) is 14.3. The fourth-order valence-electron chi connectivity index (χ4n) is 5.21. The van der Waals surface area contributed by atoms with Gasteiger partial charge in [-0.3, -0.25) is 19.8 Å². The monoisotopic (exact) mass is 576 g/mol. The molecule has 1 aliphatic heterocycles. The van der Waals surface area contributed by atoms with Gasteiger partial charge in [-0.1, -0.05) is 19.1 Å². The third kappa shape index (κ3) is 6.14. The van der Waals surface area contributed by atoms with Crippen molar-refractivity contribution in [3.63, 3.8) is 0 Å². The molecule has 10 heteroatoms. The summed E-state index contributed by atoms with van der Waals surface area (Å²) in [6.07, 6.45) is 8.09. The summed E-state index contributed by atoms with van der Waals surface area (Å²) in [4.78, 5) is 36.0. The van der Waals surface area contributed by atoms with E-state index in [0.29, 0.717) is 47.8 Å². The standard InChI is InChI=1S/C33H33FN8O/c1-4-30(43)39-26-13-23(16-35-17-26)21-6-5-20-7-8-38-32(27(20)14-21)33-40-29-19-36-18-28(31(29)41-33)22-11-24(34)15-25(12-22)37-9-10-42(2)3/h5-6,11-19,37H,4,7-10H2,1-3H3,(H,39,43)(H,40,41). The van der Waals surface area contributed by atoms with Crippen molar-refractivity contribution in [1.29, 1.82) is 0 Å². The second-order valence-electron chi connectivity index (χ2n) is 10.8. The summed E-state index contributed by atoms with van der Waals surface area (Å²) in [5, 5.41) is 6.18. The predicted octanol–water partition coefficient (Wildman–Crippen LogP) is 5.54. The fraction of sp³-hybridized carbons (Fsp3) is 0.242. The summed E-state index contributed by atoms with van der Waals surface area (Å²) in [7, 11) is 4.00. The minimum atomic E-state index is -0.330. The second kappa shape index (κ2) is 12.1. The average molecular weight is 577 g/mol. The zero-order valence-corrected chi connectivity index (χ0v) is 24.4. The number of nitrogens with one attached hydrogen (secondary N) is 3. The van der Waals surface area contributed by atoms with E-state index in [9.17, 15) is 9.18 Å². The number of carbonyl (C=O) groups is 1. The summed E-state index contributed by atoms with van der Waals surface area (Å²) in [5.41, 5.74) is 9.00. The van der Waals surface area contributed by atoms with Crippen LogP contribution in [0.4, 0.5) is 15.8 Å². The van der Waals surface area contributed by atoms with Crippen LogP contribution in [-0.4, -0.2) is 70.2 Å². The highest BCUT2D eigenvalue weighted by Gasteiger charge is 2.21. The molecule has 9 nitrogen and oxygen atoms in total. The number of aromatic amines is 1. The summed E-state index contributed by atoms with van der Waals surface area (Å²) < 4.78 is 14.7. The summed E-state index contributed by atoms with van der Waals surface area (Å²) in [6, 6.07) is 13.1. The number of imidazole rings is 1. The van der Waals surface area contributed by atoms with E-state index in [1.54, 1.807) is 24.8 Å². The number of anilines is 2. The molecule has 0 atom stereocenters. The van der Waals surface area contributed by atoms with Crippen LogP contribution in [0.3, 0.4) is 0 Å². The summed E-state index contributed by atoms with van der Waals surface area (Å²) in [6.45, 7) is 3.98. The Morgan fingerprint density at radius 2 is 1.79 bits per heavy atom. The van der Waals surface area contributed by atoms with Gasteiger partial charge < -0.3 is 20.5 Å². The van der Waals surface area contributed by atoms with Crippen molar-refractivity contribution in [2.75, 3.05) is 44.4 Å². The van der Waals surface area contributed by atoms with E-state index < -0.39 is 0 Å². The van der Waals surface area contributed by atoms with Crippen LogP contribution in [0.25, 0.3) is 33.3 Å². The van der Waals surface area contributed by atoms with Crippen LogP contribution in [-0.2, 0) is 11.2 Å². The quantitative estimate of drug-likeness (QED) is 0.212. The van der Waals surface area contributed by atoms with E-state index >= 15 is 0 Å².